The summed E-state index contributed by atoms with van der Waals surface area (Å²) >= 11 is 1.60. The van der Waals surface area contributed by atoms with Crippen LogP contribution in [0.1, 0.15) is 25.3 Å². The number of carbonyl (C=O) groups excluding carboxylic acids is 1. The summed E-state index contributed by atoms with van der Waals surface area (Å²) in [6.45, 7) is 7.24. The molecule has 1 heterocycles. The van der Waals surface area contributed by atoms with Gasteiger partial charge in [-0.2, -0.15) is 0 Å². The van der Waals surface area contributed by atoms with Gasteiger partial charge in [0.2, 0.25) is 5.91 Å². The molecule has 19 heavy (non-hydrogen) atoms. The Morgan fingerprint density at radius 2 is 2.05 bits per heavy atom. The van der Waals surface area contributed by atoms with Crippen LogP contribution >= 0.6 is 11.8 Å². The molecule has 4 heteroatoms. The van der Waals surface area contributed by atoms with Crippen molar-refractivity contribution in [2.75, 3.05) is 25.4 Å². The third-order valence-corrected chi connectivity index (χ3v) is 4.38. The second-order valence-electron chi connectivity index (χ2n) is 5.34. The van der Waals surface area contributed by atoms with Crippen LogP contribution < -0.4 is 10.6 Å². The van der Waals surface area contributed by atoms with Gasteiger partial charge in [0.15, 0.2) is 0 Å². The van der Waals surface area contributed by atoms with E-state index in [9.17, 15) is 4.79 Å². The average Bonchev–Trinajstić information content (AvgIpc) is 2.35. The quantitative estimate of drug-likeness (QED) is 0.784. The summed E-state index contributed by atoms with van der Waals surface area (Å²) in [7, 11) is 0. The first-order valence-electron chi connectivity index (χ1n) is 6.85. The van der Waals surface area contributed by atoms with Crippen LogP contribution in [0.2, 0.25) is 0 Å². The molecule has 0 aliphatic carbocycles. The fourth-order valence-electron chi connectivity index (χ4n) is 1.90. The van der Waals surface area contributed by atoms with Gasteiger partial charge in [-0.15, -0.1) is 11.8 Å². The minimum atomic E-state index is 0.129. The first kappa shape index (κ1) is 14.4. The van der Waals surface area contributed by atoms with E-state index < -0.39 is 0 Å². The van der Waals surface area contributed by atoms with Gasteiger partial charge in [-0.3, -0.25) is 4.79 Å². The maximum absolute atomic E-state index is 11.7. The molecule has 2 rings (SSSR count). The highest BCUT2D eigenvalue weighted by molar-refractivity contribution is 8.00. The van der Waals surface area contributed by atoms with Crippen LogP contribution in [-0.4, -0.2) is 31.3 Å². The van der Waals surface area contributed by atoms with Gasteiger partial charge < -0.3 is 10.6 Å². The van der Waals surface area contributed by atoms with Crippen LogP contribution in [0.5, 0.6) is 0 Å². The zero-order valence-corrected chi connectivity index (χ0v) is 12.4. The number of benzene rings is 1. The molecule has 1 saturated heterocycles. The summed E-state index contributed by atoms with van der Waals surface area (Å²) in [5.74, 6) is 1.81. The number of hydrogen-bond acceptors (Lipinski definition) is 3. The molecule has 3 nitrogen and oxygen atoms in total. The van der Waals surface area contributed by atoms with Crippen molar-refractivity contribution >= 4 is 17.7 Å². The standard InChI is InChI=1S/C15H22N2OS/c1-11(2)13-3-5-14(6-4-13)19-10-15(18)17-9-12-7-16-8-12/h3-6,11-12,16H,7-10H2,1-2H3,(H,17,18). The molecule has 1 amide bonds. The van der Waals surface area contributed by atoms with Gasteiger partial charge in [0.25, 0.3) is 0 Å². The zero-order valence-electron chi connectivity index (χ0n) is 11.6. The highest BCUT2D eigenvalue weighted by Gasteiger charge is 2.16. The predicted octanol–water partition coefficient (Wildman–Crippen LogP) is 2.24. The third-order valence-electron chi connectivity index (χ3n) is 3.37. The van der Waals surface area contributed by atoms with Crippen molar-refractivity contribution in [1.82, 2.24) is 10.6 Å². The van der Waals surface area contributed by atoms with Gasteiger partial charge in [0.05, 0.1) is 5.75 Å². The largest absolute Gasteiger partial charge is 0.355 e. The molecule has 1 aromatic carbocycles. The Balaban J connectivity index is 1.70. The minimum absolute atomic E-state index is 0.129. The van der Waals surface area contributed by atoms with Gasteiger partial charge in [0.1, 0.15) is 0 Å². The lowest BCUT2D eigenvalue weighted by Gasteiger charge is -2.27. The van der Waals surface area contributed by atoms with Gasteiger partial charge in [-0.1, -0.05) is 26.0 Å². The van der Waals surface area contributed by atoms with E-state index in [1.807, 2.05) is 0 Å². The monoisotopic (exact) mass is 278 g/mol. The Hall–Kier alpha value is -1.00. The summed E-state index contributed by atoms with van der Waals surface area (Å²) in [6.07, 6.45) is 0. The molecular formula is C15H22N2OS. The van der Waals surface area contributed by atoms with Crippen LogP contribution in [0.15, 0.2) is 29.2 Å². The highest BCUT2D eigenvalue weighted by Crippen LogP contribution is 2.21. The number of thioether (sulfide) groups is 1. The average molecular weight is 278 g/mol. The SMILES string of the molecule is CC(C)c1ccc(SCC(=O)NCC2CNC2)cc1. The Labute approximate surface area is 119 Å². The van der Waals surface area contributed by atoms with Crippen LogP contribution in [0, 0.1) is 5.92 Å². The van der Waals surface area contributed by atoms with Crippen LogP contribution in [0.3, 0.4) is 0 Å². The lowest BCUT2D eigenvalue weighted by molar-refractivity contribution is -0.118. The number of hydrogen-bond donors (Lipinski definition) is 2. The number of nitrogens with one attached hydrogen (secondary N) is 2. The van der Waals surface area contributed by atoms with Crippen LogP contribution in [-0.2, 0) is 4.79 Å². The maximum Gasteiger partial charge on any atom is 0.230 e. The van der Waals surface area contributed by atoms with Crippen molar-refractivity contribution in [3.8, 4) is 0 Å². The summed E-state index contributed by atoms with van der Waals surface area (Å²) in [5, 5.41) is 6.19. The molecule has 104 valence electrons. The first-order chi connectivity index (χ1) is 9.15. The van der Waals surface area contributed by atoms with Gasteiger partial charge in [-0.25, -0.2) is 0 Å². The number of amides is 1. The minimum Gasteiger partial charge on any atom is -0.355 e. The van der Waals surface area contributed by atoms with E-state index >= 15 is 0 Å². The van der Waals surface area contributed by atoms with Crippen molar-refractivity contribution < 1.29 is 4.79 Å². The molecule has 0 atom stereocenters. The molecule has 0 unspecified atom stereocenters. The third kappa shape index (κ3) is 4.55. The van der Waals surface area contributed by atoms with Gasteiger partial charge in [-0.05, 0) is 23.6 Å². The van der Waals surface area contributed by atoms with E-state index in [2.05, 4.69) is 48.7 Å². The van der Waals surface area contributed by atoms with Crippen molar-refractivity contribution in [2.24, 2.45) is 5.92 Å². The molecule has 1 aliphatic rings. The summed E-state index contributed by atoms with van der Waals surface area (Å²) < 4.78 is 0. The second kappa shape index (κ2) is 6.96. The van der Waals surface area contributed by atoms with E-state index in [0.717, 1.165) is 24.5 Å². The molecular weight excluding hydrogens is 256 g/mol. The molecule has 0 bridgehead atoms. The Kier molecular flexibility index (Phi) is 5.28. The van der Waals surface area contributed by atoms with Gasteiger partial charge >= 0.3 is 0 Å². The fraction of sp³-hybridized carbons (Fsp3) is 0.533. The second-order valence-corrected chi connectivity index (χ2v) is 6.39. The maximum atomic E-state index is 11.7. The summed E-state index contributed by atoms with van der Waals surface area (Å²) in [6, 6.07) is 8.49. The number of rotatable bonds is 6. The smallest absolute Gasteiger partial charge is 0.230 e. The van der Waals surface area contributed by atoms with Crippen molar-refractivity contribution in [3.63, 3.8) is 0 Å². The van der Waals surface area contributed by atoms with E-state index in [-0.39, 0.29) is 5.91 Å². The molecule has 0 saturated carbocycles. The Morgan fingerprint density at radius 3 is 2.58 bits per heavy atom. The van der Waals surface area contributed by atoms with E-state index in [0.29, 0.717) is 17.6 Å². The van der Waals surface area contributed by atoms with Gasteiger partial charge in [0, 0.05) is 30.4 Å². The van der Waals surface area contributed by atoms with E-state index in [1.165, 1.54) is 5.56 Å². The molecule has 1 aromatic rings. The lowest BCUT2D eigenvalue weighted by atomic mass is 10.0. The molecule has 1 aliphatic heterocycles. The van der Waals surface area contributed by atoms with E-state index in [4.69, 9.17) is 0 Å². The fourth-order valence-corrected chi connectivity index (χ4v) is 2.63. The first-order valence-corrected chi connectivity index (χ1v) is 7.84. The molecule has 0 aromatic heterocycles. The predicted molar refractivity (Wildman–Crippen MR) is 80.6 cm³/mol. The molecule has 0 spiro atoms. The Morgan fingerprint density at radius 1 is 1.37 bits per heavy atom. The normalized spacial score (nSPS) is 15.3. The highest BCUT2D eigenvalue weighted by atomic mass is 32.2. The Bertz CT molecular complexity index is 413. The van der Waals surface area contributed by atoms with Crippen molar-refractivity contribution in [1.29, 1.82) is 0 Å². The molecule has 2 N–H and O–H groups in total. The number of carbonyl (C=O) groups is 1. The zero-order chi connectivity index (χ0) is 13.7. The van der Waals surface area contributed by atoms with Crippen molar-refractivity contribution in [2.45, 2.75) is 24.7 Å². The molecule has 1 fully saturated rings. The summed E-state index contributed by atoms with van der Waals surface area (Å²) in [5.41, 5.74) is 1.34. The summed E-state index contributed by atoms with van der Waals surface area (Å²) in [4.78, 5) is 12.8. The van der Waals surface area contributed by atoms with Crippen LogP contribution in [0.25, 0.3) is 0 Å². The lowest BCUT2D eigenvalue weighted by Crippen LogP contribution is -2.48. The van der Waals surface area contributed by atoms with Crippen molar-refractivity contribution in [3.05, 3.63) is 29.8 Å². The van der Waals surface area contributed by atoms with Crippen LogP contribution in [0.4, 0.5) is 0 Å². The molecule has 0 radical (unpaired) electrons. The van der Waals surface area contributed by atoms with E-state index in [1.54, 1.807) is 11.8 Å². The topological polar surface area (TPSA) is 41.1 Å².